The Morgan fingerprint density at radius 3 is 2.54 bits per heavy atom. The Morgan fingerprint density at radius 1 is 1.18 bits per heavy atom. The fourth-order valence-electron chi connectivity index (χ4n) is 5.59. The van der Waals surface area contributed by atoms with Crippen molar-refractivity contribution in [2.75, 3.05) is 14.2 Å². The molecule has 28 heavy (non-hydrogen) atoms. The molecule has 2 aliphatic rings. The lowest BCUT2D eigenvalue weighted by Crippen LogP contribution is -2.54. The molecule has 1 aromatic rings. The number of esters is 2. The molecule has 0 bridgehead atoms. The molecule has 0 spiro atoms. The van der Waals surface area contributed by atoms with Gasteiger partial charge in [-0.05, 0) is 43.1 Å². The summed E-state index contributed by atoms with van der Waals surface area (Å²) in [5.41, 5.74) is 0.0803. The number of allylic oxidation sites excluding steroid dienone is 1. The summed E-state index contributed by atoms with van der Waals surface area (Å²) < 4.78 is 15.2. The topological polar surface area (TPSA) is 82.8 Å². The second kappa shape index (κ2) is 7.57. The first-order valence-corrected chi connectivity index (χ1v) is 9.70. The molecule has 0 amide bonds. The number of ketones is 1. The molecular weight excluding hydrogens is 360 g/mol. The normalized spacial score (nSPS) is 32.1. The fraction of sp³-hybridized carbons (Fsp3) is 0.591. The van der Waals surface area contributed by atoms with Gasteiger partial charge in [0.25, 0.3) is 0 Å². The molecule has 0 N–H and O–H groups in total. The van der Waals surface area contributed by atoms with Gasteiger partial charge in [0.05, 0.1) is 32.0 Å². The molecule has 0 unspecified atom stereocenters. The Labute approximate surface area is 165 Å². The number of hydrogen-bond donors (Lipinski definition) is 0. The van der Waals surface area contributed by atoms with Crippen molar-refractivity contribution < 1.29 is 28.3 Å². The number of furan rings is 1. The van der Waals surface area contributed by atoms with Crippen LogP contribution in [0, 0.1) is 22.7 Å². The Balaban J connectivity index is 2.03. The van der Waals surface area contributed by atoms with Crippen LogP contribution in [0.3, 0.4) is 0 Å². The minimum absolute atomic E-state index is 0.0206. The highest BCUT2D eigenvalue weighted by molar-refractivity contribution is 5.96. The van der Waals surface area contributed by atoms with Crippen LogP contribution in [0.1, 0.15) is 56.3 Å². The molecule has 0 saturated heterocycles. The highest BCUT2D eigenvalue weighted by Gasteiger charge is 2.59. The molecule has 2 aliphatic carbocycles. The predicted octanol–water partition coefficient (Wildman–Crippen LogP) is 3.96. The smallest absolute Gasteiger partial charge is 0.333 e. The van der Waals surface area contributed by atoms with Gasteiger partial charge in [0.2, 0.25) is 0 Å². The molecule has 0 radical (unpaired) electrons. The average molecular weight is 388 g/mol. The van der Waals surface area contributed by atoms with Crippen molar-refractivity contribution in [2.45, 2.75) is 46.0 Å². The number of Topliss-reactive ketones (excluding diaryl/α,β-unsaturated/α-hetero) is 1. The summed E-state index contributed by atoms with van der Waals surface area (Å²) in [6, 6.07) is 1.64. The molecular formula is C22H28O6. The Hall–Kier alpha value is -2.37. The average Bonchev–Trinajstić information content (AvgIpc) is 3.21. The number of methoxy groups -OCH3 is 2. The van der Waals surface area contributed by atoms with E-state index >= 15 is 0 Å². The maximum Gasteiger partial charge on any atom is 0.333 e. The molecule has 0 aromatic carbocycles. The number of carbonyl (C=O) groups excluding carboxylic acids is 3. The molecule has 3 rings (SSSR count). The second-order valence-corrected chi connectivity index (χ2v) is 8.39. The van der Waals surface area contributed by atoms with Crippen molar-refractivity contribution in [1.82, 2.24) is 0 Å². The third-order valence-electron chi connectivity index (χ3n) is 7.01. The van der Waals surface area contributed by atoms with E-state index in [9.17, 15) is 14.4 Å². The van der Waals surface area contributed by atoms with Crippen LogP contribution in [-0.4, -0.2) is 31.9 Å². The molecule has 0 aliphatic heterocycles. The molecule has 6 nitrogen and oxygen atoms in total. The van der Waals surface area contributed by atoms with Gasteiger partial charge in [0.1, 0.15) is 6.26 Å². The third kappa shape index (κ3) is 3.19. The molecule has 152 valence electrons. The van der Waals surface area contributed by atoms with Crippen molar-refractivity contribution in [3.8, 4) is 0 Å². The summed E-state index contributed by atoms with van der Waals surface area (Å²) in [5, 5.41) is 0. The first-order valence-electron chi connectivity index (χ1n) is 9.70. The minimum atomic E-state index is -0.637. The van der Waals surface area contributed by atoms with Crippen molar-refractivity contribution in [3.63, 3.8) is 0 Å². The molecule has 1 heterocycles. The van der Waals surface area contributed by atoms with E-state index in [0.717, 1.165) is 6.42 Å². The van der Waals surface area contributed by atoms with Gasteiger partial charge in [-0.25, -0.2) is 4.79 Å². The van der Waals surface area contributed by atoms with Gasteiger partial charge in [0, 0.05) is 17.4 Å². The summed E-state index contributed by atoms with van der Waals surface area (Å²) >= 11 is 0. The third-order valence-corrected chi connectivity index (χ3v) is 7.01. The zero-order valence-electron chi connectivity index (χ0n) is 16.9. The minimum Gasteiger partial charge on any atom is -0.472 e. The zero-order valence-corrected chi connectivity index (χ0v) is 16.9. The van der Waals surface area contributed by atoms with Crippen molar-refractivity contribution in [3.05, 3.63) is 35.8 Å². The van der Waals surface area contributed by atoms with E-state index in [1.807, 2.05) is 13.0 Å². The number of hydrogen-bond acceptors (Lipinski definition) is 6. The molecule has 6 heteroatoms. The highest BCUT2D eigenvalue weighted by atomic mass is 16.5. The molecule has 1 fully saturated rings. The molecule has 4 atom stereocenters. The van der Waals surface area contributed by atoms with E-state index in [2.05, 4.69) is 6.92 Å². The fourth-order valence-corrected chi connectivity index (χ4v) is 5.59. The Morgan fingerprint density at radius 2 is 1.93 bits per heavy atom. The standard InChI is InChI=1S/C22H28O6/c1-21-10-8-16(20(25)27-4)22(2,12-17(23)14-9-11-28-13-14)18(21)7-5-6-15(21)19(24)26-3/h6,9,11,13,16,18H,5,7-8,10,12H2,1-4H3/t16-,18-,21-,22-/m0/s1. The lowest BCUT2D eigenvalue weighted by molar-refractivity contribution is -0.160. The summed E-state index contributed by atoms with van der Waals surface area (Å²) in [6.45, 7) is 4.06. The van der Waals surface area contributed by atoms with Crippen molar-refractivity contribution in [2.24, 2.45) is 22.7 Å². The van der Waals surface area contributed by atoms with E-state index in [4.69, 9.17) is 13.9 Å². The van der Waals surface area contributed by atoms with Crippen LogP contribution in [0.15, 0.2) is 34.7 Å². The number of ether oxygens (including phenoxy) is 2. The van der Waals surface area contributed by atoms with E-state index in [1.54, 1.807) is 6.07 Å². The maximum absolute atomic E-state index is 13.0. The van der Waals surface area contributed by atoms with Gasteiger partial charge in [-0.3, -0.25) is 9.59 Å². The van der Waals surface area contributed by atoms with E-state index in [-0.39, 0.29) is 30.1 Å². The zero-order chi connectivity index (χ0) is 20.5. The lowest BCUT2D eigenvalue weighted by atomic mass is 9.46. The van der Waals surface area contributed by atoms with Crippen LogP contribution in [0.5, 0.6) is 0 Å². The van der Waals surface area contributed by atoms with Crippen molar-refractivity contribution >= 4 is 17.7 Å². The largest absolute Gasteiger partial charge is 0.472 e. The van der Waals surface area contributed by atoms with Crippen LogP contribution >= 0.6 is 0 Å². The predicted molar refractivity (Wildman–Crippen MR) is 101 cm³/mol. The van der Waals surface area contributed by atoms with Crippen LogP contribution in [0.25, 0.3) is 0 Å². The Kier molecular flexibility index (Phi) is 5.50. The number of carbonyl (C=O) groups is 3. The van der Waals surface area contributed by atoms with Crippen LogP contribution in [-0.2, 0) is 19.1 Å². The van der Waals surface area contributed by atoms with Gasteiger partial charge in [-0.1, -0.05) is 19.9 Å². The molecule has 1 saturated carbocycles. The highest BCUT2D eigenvalue weighted by Crippen LogP contribution is 2.62. The number of rotatable bonds is 5. The lowest BCUT2D eigenvalue weighted by Gasteiger charge is -2.57. The van der Waals surface area contributed by atoms with Gasteiger partial charge < -0.3 is 13.9 Å². The van der Waals surface area contributed by atoms with Gasteiger partial charge >= 0.3 is 11.9 Å². The summed E-state index contributed by atoms with van der Waals surface area (Å²) in [7, 11) is 2.77. The first-order chi connectivity index (χ1) is 13.3. The SMILES string of the molecule is COC(=O)C1=CCC[C@@H]2[C@@](C)(CC(=O)c3ccoc3)[C@H](C(=O)OC)CC[C@@]12C. The van der Waals surface area contributed by atoms with Crippen LogP contribution in [0.4, 0.5) is 0 Å². The first kappa shape index (κ1) is 20.4. The second-order valence-electron chi connectivity index (χ2n) is 8.39. The van der Waals surface area contributed by atoms with Gasteiger partial charge in [-0.15, -0.1) is 0 Å². The quantitative estimate of drug-likeness (QED) is 0.561. The Bertz CT molecular complexity index is 792. The number of fused-ring (bicyclic) bond motifs is 1. The van der Waals surface area contributed by atoms with Crippen LogP contribution < -0.4 is 0 Å². The van der Waals surface area contributed by atoms with Gasteiger partial charge in [0.15, 0.2) is 5.78 Å². The summed E-state index contributed by atoms with van der Waals surface area (Å²) in [6.07, 6.45) is 7.81. The van der Waals surface area contributed by atoms with E-state index in [1.165, 1.54) is 26.7 Å². The maximum atomic E-state index is 13.0. The molecule has 1 aromatic heterocycles. The summed E-state index contributed by atoms with van der Waals surface area (Å²) in [5.74, 6) is -1.11. The van der Waals surface area contributed by atoms with Crippen LogP contribution in [0.2, 0.25) is 0 Å². The van der Waals surface area contributed by atoms with Crippen molar-refractivity contribution in [1.29, 1.82) is 0 Å². The van der Waals surface area contributed by atoms with E-state index < -0.39 is 16.7 Å². The van der Waals surface area contributed by atoms with Gasteiger partial charge in [-0.2, -0.15) is 0 Å². The summed E-state index contributed by atoms with van der Waals surface area (Å²) in [4.78, 5) is 38.1. The van der Waals surface area contributed by atoms with E-state index in [0.29, 0.717) is 30.4 Å². The monoisotopic (exact) mass is 388 g/mol.